The predicted octanol–water partition coefficient (Wildman–Crippen LogP) is 2.66. The number of aliphatic carboxylic acids is 1. The first-order chi connectivity index (χ1) is 15.9. The van der Waals surface area contributed by atoms with Crippen molar-refractivity contribution in [2.75, 3.05) is 6.61 Å². The molecule has 3 N–H and O–H groups in total. The number of benzene rings is 2. The summed E-state index contributed by atoms with van der Waals surface area (Å²) in [5, 5.41) is 18.1. The van der Waals surface area contributed by atoms with Crippen molar-refractivity contribution in [2.45, 2.75) is 25.4 Å². The normalized spacial score (nSPS) is 13.0. The van der Waals surface area contributed by atoms with Gasteiger partial charge in [-0.15, -0.1) is 0 Å². The molecular formula is C24H24N4O5. The third-order valence-corrected chi connectivity index (χ3v) is 5.71. The zero-order valence-electron chi connectivity index (χ0n) is 18.2. The Bertz CT molecular complexity index is 1170. The van der Waals surface area contributed by atoms with Crippen LogP contribution in [0.5, 0.6) is 0 Å². The predicted molar refractivity (Wildman–Crippen MR) is 120 cm³/mol. The number of aryl methyl sites for hydroxylation is 1. The number of carboxylic acids is 1. The average Bonchev–Trinajstić information content (AvgIpc) is 3.33. The maximum absolute atomic E-state index is 12.5. The summed E-state index contributed by atoms with van der Waals surface area (Å²) in [6.07, 6.45) is 0.829. The van der Waals surface area contributed by atoms with Gasteiger partial charge in [0.2, 0.25) is 0 Å². The minimum atomic E-state index is -1.15. The number of carboxylic acid groups (broad SMARTS) is 1. The standard InChI is InChI=1S/C24H24N4O5/c1-14(23(30)31)27-22(29)21-15(12-26-28(21)2)11-25-24(32)33-13-20-18-9-5-3-7-16(18)17-8-4-6-10-19(17)20/h3-10,12,14,20H,11,13H2,1-2H3,(H,25,32)(H,27,29)(H,30,31)/t14-/m0/s1. The molecule has 0 spiro atoms. The molecule has 1 aromatic heterocycles. The van der Waals surface area contributed by atoms with E-state index in [2.05, 4.69) is 27.9 Å². The Kier molecular flexibility index (Phi) is 6.12. The number of amides is 2. The Balaban J connectivity index is 1.39. The van der Waals surface area contributed by atoms with E-state index < -0.39 is 24.0 Å². The van der Waals surface area contributed by atoms with E-state index in [1.807, 2.05) is 36.4 Å². The third-order valence-electron chi connectivity index (χ3n) is 5.71. The van der Waals surface area contributed by atoms with Gasteiger partial charge in [0.25, 0.3) is 5.91 Å². The molecule has 170 valence electrons. The SMILES string of the molecule is C[C@H](NC(=O)c1c(CNC(=O)OCC2c3ccccc3-c3ccccc32)cnn1C)C(=O)O. The lowest BCUT2D eigenvalue weighted by atomic mass is 9.98. The molecule has 4 rings (SSSR count). The topological polar surface area (TPSA) is 123 Å². The number of rotatable bonds is 7. The summed E-state index contributed by atoms with van der Waals surface area (Å²) in [5.74, 6) is -1.79. The lowest BCUT2D eigenvalue weighted by Gasteiger charge is -2.15. The molecule has 3 aromatic rings. The van der Waals surface area contributed by atoms with Crippen LogP contribution < -0.4 is 10.6 Å². The van der Waals surface area contributed by atoms with Gasteiger partial charge in [-0.25, -0.2) is 4.79 Å². The minimum Gasteiger partial charge on any atom is -0.480 e. The van der Waals surface area contributed by atoms with E-state index >= 15 is 0 Å². The van der Waals surface area contributed by atoms with Crippen LogP contribution in [0.3, 0.4) is 0 Å². The Morgan fingerprint density at radius 3 is 2.30 bits per heavy atom. The van der Waals surface area contributed by atoms with Crippen LogP contribution in [-0.2, 0) is 23.1 Å². The Morgan fingerprint density at radius 2 is 1.70 bits per heavy atom. The van der Waals surface area contributed by atoms with Crippen LogP contribution in [0.1, 0.15) is 40.0 Å². The number of ether oxygens (including phenoxy) is 1. The first-order valence-corrected chi connectivity index (χ1v) is 10.5. The lowest BCUT2D eigenvalue weighted by Crippen LogP contribution is -2.39. The zero-order valence-corrected chi connectivity index (χ0v) is 18.2. The fourth-order valence-electron chi connectivity index (χ4n) is 4.05. The van der Waals surface area contributed by atoms with Gasteiger partial charge in [0.05, 0.1) is 12.7 Å². The van der Waals surface area contributed by atoms with Crippen molar-refractivity contribution in [3.05, 3.63) is 77.1 Å². The molecule has 9 nitrogen and oxygen atoms in total. The second-order valence-corrected chi connectivity index (χ2v) is 7.85. The van der Waals surface area contributed by atoms with Crippen LogP contribution in [0.4, 0.5) is 4.79 Å². The van der Waals surface area contributed by atoms with E-state index in [1.54, 1.807) is 7.05 Å². The molecule has 0 saturated carbocycles. The van der Waals surface area contributed by atoms with Gasteiger partial charge in [-0.1, -0.05) is 48.5 Å². The zero-order chi connectivity index (χ0) is 23.5. The van der Waals surface area contributed by atoms with E-state index in [0.29, 0.717) is 5.56 Å². The van der Waals surface area contributed by atoms with Crippen LogP contribution in [0.15, 0.2) is 54.7 Å². The molecule has 0 radical (unpaired) electrons. The first kappa shape index (κ1) is 22.1. The van der Waals surface area contributed by atoms with Gasteiger partial charge in [0.15, 0.2) is 0 Å². The van der Waals surface area contributed by atoms with Crippen LogP contribution >= 0.6 is 0 Å². The van der Waals surface area contributed by atoms with Gasteiger partial charge >= 0.3 is 12.1 Å². The molecule has 1 aliphatic rings. The summed E-state index contributed by atoms with van der Waals surface area (Å²) in [4.78, 5) is 35.9. The van der Waals surface area contributed by atoms with Gasteiger partial charge in [0, 0.05) is 18.5 Å². The van der Waals surface area contributed by atoms with E-state index in [-0.39, 0.29) is 24.8 Å². The van der Waals surface area contributed by atoms with Crippen LogP contribution in [-0.4, -0.2) is 45.5 Å². The average molecular weight is 448 g/mol. The highest BCUT2D eigenvalue weighted by molar-refractivity contribution is 5.96. The monoisotopic (exact) mass is 448 g/mol. The molecule has 0 aliphatic heterocycles. The molecule has 1 heterocycles. The van der Waals surface area contributed by atoms with Crippen molar-refractivity contribution >= 4 is 18.0 Å². The van der Waals surface area contributed by atoms with Gasteiger partial charge in [-0.05, 0) is 29.2 Å². The molecule has 9 heteroatoms. The number of alkyl carbamates (subject to hydrolysis) is 1. The van der Waals surface area contributed by atoms with Crippen molar-refractivity contribution in [1.82, 2.24) is 20.4 Å². The molecule has 33 heavy (non-hydrogen) atoms. The highest BCUT2D eigenvalue weighted by Gasteiger charge is 2.29. The highest BCUT2D eigenvalue weighted by Crippen LogP contribution is 2.44. The molecule has 2 aromatic carbocycles. The summed E-state index contributed by atoms with van der Waals surface area (Å²) < 4.78 is 6.84. The molecule has 1 atom stereocenters. The summed E-state index contributed by atoms with van der Waals surface area (Å²) in [6, 6.07) is 15.1. The number of hydrogen-bond acceptors (Lipinski definition) is 5. The fourth-order valence-corrected chi connectivity index (χ4v) is 4.05. The number of carbonyl (C=O) groups is 3. The largest absolute Gasteiger partial charge is 0.480 e. The smallest absolute Gasteiger partial charge is 0.407 e. The van der Waals surface area contributed by atoms with E-state index in [1.165, 1.54) is 17.8 Å². The first-order valence-electron chi connectivity index (χ1n) is 10.5. The van der Waals surface area contributed by atoms with E-state index in [4.69, 9.17) is 9.84 Å². The maximum atomic E-state index is 12.5. The summed E-state index contributed by atoms with van der Waals surface area (Å²) in [5.41, 5.74) is 5.13. The van der Waals surface area contributed by atoms with Gasteiger partial charge < -0.3 is 20.5 Å². The van der Waals surface area contributed by atoms with Crippen LogP contribution in [0.2, 0.25) is 0 Å². The Labute approximate surface area is 190 Å². The summed E-state index contributed by atoms with van der Waals surface area (Å²) >= 11 is 0. The number of nitrogens with zero attached hydrogens (tertiary/aromatic N) is 2. The molecule has 2 amide bonds. The number of carbonyl (C=O) groups excluding carboxylic acids is 2. The second kappa shape index (κ2) is 9.15. The summed E-state index contributed by atoms with van der Waals surface area (Å²) in [7, 11) is 1.57. The Hall–Kier alpha value is -4.14. The van der Waals surface area contributed by atoms with Gasteiger partial charge in [-0.2, -0.15) is 5.10 Å². The van der Waals surface area contributed by atoms with Crippen molar-refractivity contribution in [3.8, 4) is 11.1 Å². The highest BCUT2D eigenvalue weighted by atomic mass is 16.5. The fraction of sp³-hybridized carbons (Fsp3) is 0.250. The molecule has 0 saturated heterocycles. The number of aromatic nitrogens is 2. The quantitative estimate of drug-likeness (QED) is 0.511. The molecule has 1 aliphatic carbocycles. The number of fused-ring (bicyclic) bond motifs is 3. The molecule has 0 bridgehead atoms. The second-order valence-electron chi connectivity index (χ2n) is 7.85. The van der Waals surface area contributed by atoms with Crippen molar-refractivity contribution in [2.24, 2.45) is 7.05 Å². The van der Waals surface area contributed by atoms with Crippen molar-refractivity contribution in [3.63, 3.8) is 0 Å². The van der Waals surface area contributed by atoms with Crippen molar-refractivity contribution < 1.29 is 24.2 Å². The van der Waals surface area contributed by atoms with E-state index in [9.17, 15) is 14.4 Å². The van der Waals surface area contributed by atoms with Crippen molar-refractivity contribution in [1.29, 1.82) is 0 Å². The molecular weight excluding hydrogens is 424 g/mol. The number of hydrogen-bond donors (Lipinski definition) is 3. The van der Waals surface area contributed by atoms with Gasteiger partial charge in [0.1, 0.15) is 18.3 Å². The van der Waals surface area contributed by atoms with Crippen LogP contribution in [0.25, 0.3) is 11.1 Å². The Morgan fingerprint density at radius 1 is 1.09 bits per heavy atom. The van der Waals surface area contributed by atoms with E-state index in [0.717, 1.165) is 22.3 Å². The lowest BCUT2D eigenvalue weighted by molar-refractivity contribution is -0.138. The molecule has 0 fully saturated rings. The third kappa shape index (κ3) is 4.43. The van der Waals surface area contributed by atoms with Gasteiger partial charge in [-0.3, -0.25) is 14.3 Å². The summed E-state index contributed by atoms with van der Waals surface area (Å²) in [6.45, 7) is 1.55. The maximum Gasteiger partial charge on any atom is 0.407 e. The number of nitrogens with one attached hydrogen (secondary N) is 2. The minimum absolute atomic E-state index is 0.00865. The van der Waals surface area contributed by atoms with Crippen LogP contribution in [0, 0.1) is 0 Å². The molecule has 0 unspecified atom stereocenters.